The van der Waals surface area contributed by atoms with Crippen LogP contribution in [0.25, 0.3) is 0 Å². The van der Waals surface area contributed by atoms with Gasteiger partial charge in [-0.2, -0.15) is 4.31 Å². The summed E-state index contributed by atoms with van der Waals surface area (Å²) in [6.07, 6.45) is 1.80. The lowest BCUT2D eigenvalue weighted by Gasteiger charge is -2.32. The minimum atomic E-state index is -3.88. The van der Waals surface area contributed by atoms with Gasteiger partial charge in [-0.05, 0) is 50.8 Å². The Labute approximate surface area is 174 Å². The van der Waals surface area contributed by atoms with Crippen molar-refractivity contribution in [3.05, 3.63) is 22.2 Å². The first kappa shape index (κ1) is 21.3. The van der Waals surface area contributed by atoms with Crippen LogP contribution in [0.4, 0.5) is 5.69 Å². The molecule has 0 radical (unpaired) electrons. The van der Waals surface area contributed by atoms with Crippen molar-refractivity contribution < 1.29 is 22.7 Å². The highest BCUT2D eigenvalue weighted by molar-refractivity contribution is 9.10. The summed E-state index contributed by atoms with van der Waals surface area (Å²) >= 11 is 3.40. The van der Waals surface area contributed by atoms with E-state index in [2.05, 4.69) is 15.9 Å². The number of nitrogens with zero attached hydrogens (tertiary/aromatic N) is 2. The number of hydrogen-bond donors (Lipinski definition) is 0. The monoisotopic (exact) mass is 472 g/mol. The molecule has 2 aliphatic heterocycles. The number of benzene rings is 1. The Morgan fingerprint density at radius 2 is 2.04 bits per heavy atom. The number of ether oxygens (including phenoxy) is 1. The lowest BCUT2D eigenvalue weighted by atomic mass is 10.0. The SMILES string of the molecule is CCOC(=O)C1CCCN(S(=O)(=O)c2cc(Br)cc3c2N(C(C)=O)C(C)C3)C1. The van der Waals surface area contributed by atoms with Crippen molar-refractivity contribution in [1.29, 1.82) is 0 Å². The van der Waals surface area contributed by atoms with Crippen LogP contribution >= 0.6 is 15.9 Å². The normalized spacial score (nSPS) is 22.8. The number of sulfonamides is 1. The van der Waals surface area contributed by atoms with E-state index in [1.165, 1.54) is 11.2 Å². The molecular weight excluding hydrogens is 448 g/mol. The van der Waals surface area contributed by atoms with Crippen molar-refractivity contribution in [1.82, 2.24) is 4.31 Å². The summed E-state index contributed by atoms with van der Waals surface area (Å²) in [5, 5.41) is 0. The highest BCUT2D eigenvalue weighted by atomic mass is 79.9. The van der Waals surface area contributed by atoms with Gasteiger partial charge in [-0.15, -0.1) is 0 Å². The predicted molar refractivity (Wildman–Crippen MR) is 109 cm³/mol. The molecule has 3 rings (SSSR count). The van der Waals surface area contributed by atoms with Gasteiger partial charge in [0.1, 0.15) is 4.90 Å². The Bertz CT molecular complexity index is 902. The molecule has 2 heterocycles. The van der Waals surface area contributed by atoms with Crippen LogP contribution in [-0.4, -0.2) is 50.3 Å². The lowest BCUT2D eigenvalue weighted by Crippen LogP contribution is -2.43. The molecule has 2 unspecified atom stereocenters. The van der Waals surface area contributed by atoms with E-state index in [1.807, 2.05) is 13.0 Å². The van der Waals surface area contributed by atoms with Gasteiger partial charge in [-0.3, -0.25) is 9.59 Å². The van der Waals surface area contributed by atoms with E-state index in [-0.39, 0.29) is 36.0 Å². The van der Waals surface area contributed by atoms with Crippen LogP contribution in [0.15, 0.2) is 21.5 Å². The zero-order chi connectivity index (χ0) is 20.6. The number of rotatable bonds is 4. The maximum atomic E-state index is 13.5. The van der Waals surface area contributed by atoms with Gasteiger partial charge in [0.15, 0.2) is 0 Å². The molecular formula is C19H25BrN2O5S. The van der Waals surface area contributed by atoms with Crippen molar-refractivity contribution in [2.75, 3.05) is 24.6 Å². The number of amides is 1. The van der Waals surface area contributed by atoms with Crippen molar-refractivity contribution in [2.24, 2.45) is 5.92 Å². The van der Waals surface area contributed by atoms with Crippen LogP contribution in [0.3, 0.4) is 0 Å². The standard InChI is InChI=1S/C19H25BrN2O5S/c1-4-27-19(24)14-6-5-7-21(11-14)28(25,26)17-10-16(20)9-15-8-12(2)22(13(3)23)18(15)17/h9-10,12,14H,4-8,11H2,1-3H3. The Hall–Kier alpha value is -1.45. The van der Waals surface area contributed by atoms with Gasteiger partial charge in [0.05, 0.1) is 18.2 Å². The van der Waals surface area contributed by atoms with Crippen molar-refractivity contribution >= 4 is 43.5 Å². The second-order valence-electron chi connectivity index (χ2n) is 7.31. The molecule has 1 saturated heterocycles. The zero-order valence-corrected chi connectivity index (χ0v) is 18.7. The number of anilines is 1. The summed E-state index contributed by atoms with van der Waals surface area (Å²) in [5.74, 6) is -1.01. The molecule has 1 aromatic carbocycles. The molecule has 2 aliphatic rings. The van der Waals surface area contributed by atoms with E-state index >= 15 is 0 Å². The second-order valence-corrected chi connectivity index (χ2v) is 10.1. The van der Waals surface area contributed by atoms with E-state index < -0.39 is 15.9 Å². The van der Waals surface area contributed by atoms with Crippen LogP contribution in [-0.2, 0) is 30.8 Å². The number of fused-ring (bicyclic) bond motifs is 1. The Balaban J connectivity index is 2.01. The predicted octanol–water partition coefficient (Wildman–Crippen LogP) is 2.71. The van der Waals surface area contributed by atoms with Crippen LogP contribution in [0, 0.1) is 5.92 Å². The van der Waals surface area contributed by atoms with E-state index in [4.69, 9.17) is 4.74 Å². The maximum Gasteiger partial charge on any atom is 0.310 e. The molecule has 1 amide bonds. The molecule has 154 valence electrons. The van der Waals surface area contributed by atoms with E-state index in [9.17, 15) is 18.0 Å². The van der Waals surface area contributed by atoms with Crippen molar-refractivity contribution in [3.63, 3.8) is 0 Å². The first-order valence-corrected chi connectivity index (χ1v) is 11.7. The van der Waals surface area contributed by atoms with Crippen molar-refractivity contribution in [2.45, 2.75) is 51.0 Å². The topological polar surface area (TPSA) is 84.0 Å². The molecule has 9 heteroatoms. The highest BCUT2D eigenvalue weighted by Crippen LogP contribution is 2.41. The number of hydrogen-bond acceptors (Lipinski definition) is 5. The van der Waals surface area contributed by atoms with Gasteiger partial charge in [0.25, 0.3) is 0 Å². The molecule has 1 fully saturated rings. The summed E-state index contributed by atoms with van der Waals surface area (Å²) in [6, 6.07) is 3.31. The number of halogens is 1. The molecule has 0 bridgehead atoms. The fraction of sp³-hybridized carbons (Fsp3) is 0.579. The van der Waals surface area contributed by atoms with Gasteiger partial charge >= 0.3 is 5.97 Å². The van der Waals surface area contributed by atoms with Crippen LogP contribution in [0.1, 0.15) is 39.2 Å². The summed E-state index contributed by atoms with van der Waals surface area (Å²) < 4.78 is 34.1. The summed E-state index contributed by atoms with van der Waals surface area (Å²) in [5.41, 5.74) is 1.29. The molecule has 0 saturated carbocycles. The van der Waals surface area contributed by atoms with Crippen LogP contribution in [0.5, 0.6) is 0 Å². The van der Waals surface area contributed by atoms with E-state index in [0.29, 0.717) is 36.0 Å². The third kappa shape index (κ3) is 3.84. The lowest BCUT2D eigenvalue weighted by molar-refractivity contribution is -0.149. The van der Waals surface area contributed by atoms with E-state index in [0.717, 1.165) is 5.56 Å². The Kier molecular flexibility index (Phi) is 6.17. The zero-order valence-electron chi connectivity index (χ0n) is 16.3. The van der Waals surface area contributed by atoms with Gasteiger partial charge in [-0.25, -0.2) is 8.42 Å². The fourth-order valence-electron chi connectivity index (χ4n) is 4.10. The first-order valence-electron chi connectivity index (χ1n) is 9.45. The van der Waals surface area contributed by atoms with Gasteiger partial charge in [0.2, 0.25) is 15.9 Å². The Morgan fingerprint density at radius 1 is 1.32 bits per heavy atom. The summed E-state index contributed by atoms with van der Waals surface area (Å²) in [6.45, 7) is 5.79. The molecule has 7 nitrogen and oxygen atoms in total. The maximum absolute atomic E-state index is 13.5. The minimum absolute atomic E-state index is 0.0953. The molecule has 0 N–H and O–H groups in total. The molecule has 1 aromatic rings. The van der Waals surface area contributed by atoms with E-state index in [1.54, 1.807) is 17.9 Å². The average Bonchev–Trinajstić information content (AvgIpc) is 2.96. The molecule has 0 spiro atoms. The van der Waals surface area contributed by atoms with Gasteiger partial charge in [0, 0.05) is 30.5 Å². The number of carbonyl (C=O) groups excluding carboxylic acids is 2. The molecule has 28 heavy (non-hydrogen) atoms. The number of carbonyl (C=O) groups is 2. The summed E-state index contributed by atoms with van der Waals surface area (Å²) in [4.78, 5) is 26.0. The van der Waals surface area contributed by atoms with Crippen LogP contribution in [0.2, 0.25) is 0 Å². The van der Waals surface area contributed by atoms with Crippen molar-refractivity contribution in [3.8, 4) is 0 Å². The first-order chi connectivity index (χ1) is 13.2. The largest absolute Gasteiger partial charge is 0.466 e. The summed E-state index contributed by atoms with van der Waals surface area (Å²) in [7, 11) is -3.88. The number of esters is 1. The molecule has 0 aromatic heterocycles. The fourth-order valence-corrected chi connectivity index (χ4v) is 6.53. The smallest absolute Gasteiger partial charge is 0.310 e. The van der Waals surface area contributed by atoms with Gasteiger partial charge < -0.3 is 9.64 Å². The number of piperidine rings is 1. The molecule has 2 atom stereocenters. The quantitative estimate of drug-likeness (QED) is 0.628. The third-order valence-electron chi connectivity index (χ3n) is 5.28. The second kappa shape index (κ2) is 8.12. The van der Waals surface area contributed by atoms with Gasteiger partial charge in [-0.1, -0.05) is 15.9 Å². The highest BCUT2D eigenvalue weighted by Gasteiger charge is 2.40. The molecule has 0 aliphatic carbocycles. The average molecular weight is 473 g/mol. The van der Waals surface area contributed by atoms with Crippen LogP contribution < -0.4 is 4.90 Å². The third-order valence-corrected chi connectivity index (χ3v) is 7.61. The minimum Gasteiger partial charge on any atom is -0.466 e. The Morgan fingerprint density at radius 3 is 2.68 bits per heavy atom.